The summed E-state index contributed by atoms with van der Waals surface area (Å²) in [6.45, 7) is 2.03. The van der Waals surface area contributed by atoms with Crippen molar-refractivity contribution in [3.8, 4) is 17.3 Å². The molecule has 0 saturated carbocycles. The molecule has 0 radical (unpaired) electrons. The van der Waals surface area contributed by atoms with Crippen molar-refractivity contribution < 1.29 is 27.1 Å². The van der Waals surface area contributed by atoms with Gasteiger partial charge in [0.1, 0.15) is 23.0 Å². The summed E-state index contributed by atoms with van der Waals surface area (Å²) in [5.74, 6) is 0.267. The van der Waals surface area contributed by atoms with Crippen molar-refractivity contribution in [3.63, 3.8) is 0 Å². The molecule has 180 valence electrons. The second kappa shape index (κ2) is 9.79. The Balaban J connectivity index is 1.45. The molecule has 5 nitrogen and oxygen atoms in total. The van der Waals surface area contributed by atoms with Gasteiger partial charge in [-0.15, -0.1) is 0 Å². The van der Waals surface area contributed by atoms with E-state index in [4.69, 9.17) is 16.3 Å². The predicted octanol–water partition coefficient (Wildman–Crippen LogP) is 6.71. The van der Waals surface area contributed by atoms with E-state index in [2.05, 4.69) is 10.3 Å². The SMILES string of the molecule is Cc1cc(CNC(=O)c2cccn2-c2ncc(C(F)(F)F)cc2Cl)ccc1Oc1ccc(F)cc1. The molecular weight excluding hydrogens is 486 g/mol. The molecule has 2 heterocycles. The zero-order valence-electron chi connectivity index (χ0n) is 18.2. The number of carbonyl (C=O) groups excluding carboxylic acids is 1. The zero-order chi connectivity index (χ0) is 25.2. The number of benzene rings is 2. The van der Waals surface area contributed by atoms with Crippen LogP contribution in [0.3, 0.4) is 0 Å². The van der Waals surface area contributed by atoms with Crippen LogP contribution >= 0.6 is 11.6 Å². The highest BCUT2D eigenvalue weighted by atomic mass is 35.5. The van der Waals surface area contributed by atoms with Crippen LogP contribution in [0, 0.1) is 12.7 Å². The summed E-state index contributed by atoms with van der Waals surface area (Å²) in [6, 6.07) is 14.9. The molecule has 1 amide bonds. The Hall–Kier alpha value is -3.85. The van der Waals surface area contributed by atoms with Crippen molar-refractivity contribution in [1.82, 2.24) is 14.9 Å². The van der Waals surface area contributed by atoms with Gasteiger partial charge in [-0.3, -0.25) is 9.36 Å². The second-order valence-corrected chi connectivity index (χ2v) is 8.04. The first-order valence-electron chi connectivity index (χ1n) is 10.3. The summed E-state index contributed by atoms with van der Waals surface area (Å²) < 4.78 is 58.8. The number of carbonyl (C=O) groups is 1. The maximum absolute atomic E-state index is 13.1. The van der Waals surface area contributed by atoms with Gasteiger partial charge in [-0.2, -0.15) is 13.2 Å². The molecule has 10 heteroatoms. The van der Waals surface area contributed by atoms with Crippen LogP contribution in [0.4, 0.5) is 17.6 Å². The van der Waals surface area contributed by atoms with Crippen LogP contribution in [0.2, 0.25) is 5.02 Å². The fourth-order valence-corrected chi connectivity index (χ4v) is 3.61. The Labute approximate surface area is 202 Å². The van der Waals surface area contributed by atoms with Crippen molar-refractivity contribution in [1.29, 1.82) is 0 Å². The van der Waals surface area contributed by atoms with Gasteiger partial charge in [-0.1, -0.05) is 23.7 Å². The second-order valence-electron chi connectivity index (χ2n) is 7.63. The van der Waals surface area contributed by atoms with E-state index in [0.29, 0.717) is 17.7 Å². The van der Waals surface area contributed by atoms with Crippen molar-refractivity contribution in [3.05, 3.63) is 106 Å². The van der Waals surface area contributed by atoms with E-state index < -0.39 is 17.6 Å². The van der Waals surface area contributed by atoms with E-state index in [1.807, 2.05) is 13.0 Å². The number of aryl methyl sites for hydroxylation is 1. The normalized spacial score (nSPS) is 11.4. The molecule has 0 aliphatic carbocycles. The highest BCUT2D eigenvalue weighted by molar-refractivity contribution is 6.32. The van der Waals surface area contributed by atoms with E-state index in [-0.39, 0.29) is 28.9 Å². The number of halogens is 5. The topological polar surface area (TPSA) is 56.2 Å². The van der Waals surface area contributed by atoms with Crippen LogP contribution in [0.25, 0.3) is 5.82 Å². The summed E-state index contributed by atoms with van der Waals surface area (Å²) in [4.78, 5) is 16.6. The molecule has 0 fully saturated rings. The molecule has 0 atom stereocenters. The maximum Gasteiger partial charge on any atom is 0.417 e. The van der Waals surface area contributed by atoms with Gasteiger partial charge in [-0.25, -0.2) is 9.37 Å². The minimum Gasteiger partial charge on any atom is -0.457 e. The van der Waals surface area contributed by atoms with Gasteiger partial charge in [0, 0.05) is 18.9 Å². The Morgan fingerprint density at radius 3 is 2.51 bits per heavy atom. The van der Waals surface area contributed by atoms with Gasteiger partial charge >= 0.3 is 6.18 Å². The third-order valence-corrected chi connectivity index (χ3v) is 5.37. The fraction of sp³-hybridized carbons (Fsp3) is 0.120. The quantitative estimate of drug-likeness (QED) is 0.297. The highest BCUT2D eigenvalue weighted by Gasteiger charge is 2.32. The molecule has 0 saturated heterocycles. The Kier molecular flexibility index (Phi) is 6.79. The first-order valence-corrected chi connectivity index (χ1v) is 10.7. The average molecular weight is 504 g/mol. The standard InChI is InChI=1S/C25H18ClF4N3O2/c1-15-11-16(4-9-22(15)35-19-7-5-18(27)6-8-19)13-32-24(34)21-3-2-10-33(21)23-20(26)12-17(14-31-23)25(28,29)30/h2-12,14H,13H2,1H3,(H,32,34). The van der Waals surface area contributed by atoms with Crippen molar-refractivity contribution in [2.75, 3.05) is 0 Å². The number of aromatic nitrogens is 2. The van der Waals surface area contributed by atoms with Crippen molar-refractivity contribution in [2.24, 2.45) is 0 Å². The third-order valence-electron chi connectivity index (χ3n) is 5.09. The Morgan fingerprint density at radius 2 is 1.86 bits per heavy atom. The lowest BCUT2D eigenvalue weighted by molar-refractivity contribution is -0.137. The summed E-state index contributed by atoms with van der Waals surface area (Å²) in [7, 11) is 0. The minimum atomic E-state index is -4.58. The van der Waals surface area contributed by atoms with Crippen LogP contribution in [0.5, 0.6) is 11.5 Å². The number of amides is 1. The summed E-state index contributed by atoms with van der Waals surface area (Å²) >= 11 is 6.03. The lowest BCUT2D eigenvalue weighted by Crippen LogP contribution is -2.25. The van der Waals surface area contributed by atoms with Crippen molar-refractivity contribution in [2.45, 2.75) is 19.6 Å². The monoisotopic (exact) mass is 503 g/mol. The van der Waals surface area contributed by atoms with Gasteiger partial charge in [0.2, 0.25) is 0 Å². The molecule has 0 unspecified atom stereocenters. The van der Waals surface area contributed by atoms with Crippen LogP contribution in [0.15, 0.2) is 73.1 Å². The lowest BCUT2D eigenvalue weighted by atomic mass is 10.1. The van der Waals surface area contributed by atoms with Gasteiger partial charge in [-0.05, 0) is 66.6 Å². The number of pyridine rings is 1. The Morgan fingerprint density at radius 1 is 1.11 bits per heavy atom. The summed E-state index contributed by atoms with van der Waals surface area (Å²) in [5.41, 5.74) is 0.787. The fourth-order valence-electron chi connectivity index (χ4n) is 3.35. The first kappa shape index (κ1) is 24.3. The van der Waals surface area contributed by atoms with E-state index in [1.54, 1.807) is 18.2 Å². The molecule has 2 aromatic carbocycles. The molecule has 1 N–H and O–H groups in total. The zero-order valence-corrected chi connectivity index (χ0v) is 19.0. The smallest absolute Gasteiger partial charge is 0.417 e. The van der Waals surface area contributed by atoms with E-state index >= 15 is 0 Å². The van der Waals surface area contributed by atoms with Gasteiger partial charge in [0.05, 0.1) is 10.6 Å². The average Bonchev–Trinajstić information content (AvgIpc) is 3.29. The number of nitrogens with zero attached hydrogens (tertiary/aromatic N) is 2. The van der Waals surface area contributed by atoms with Crippen LogP contribution in [-0.4, -0.2) is 15.5 Å². The minimum absolute atomic E-state index is 0.00737. The highest BCUT2D eigenvalue weighted by Crippen LogP contribution is 2.32. The molecule has 4 rings (SSSR count). The number of hydrogen-bond acceptors (Lipinski definition) is 3. The molecular formula is C25H18ClF4N3O2. The van der Waals surface area contributed by atoms with Crippen LogP contribution in [0.1, 0.15) is 27.2 Å². The summed E-state index contributed by atoms with van der Waals surface area (Å²) in [5, 5.41) is 2.54. The Bertz CT molecular complexity index is 1370. The van der Waals surface area contributed by atoms with E-state index in [9.17, 15) is 22.4 Å². The number of hydrogen-bond donors (Lipinski definition) is 1. The molecule has 0 aliphatic heterocycles. The molecule has 0 aliphatic rings. The molecule has 2 aromatic heterocycles. The summed E-state index contributed by atoms with van der Waals surface area (Å²) in [6.07, 6.45) is -2.42. The number of rotatable bonds is 6. The van der Waals surface area contributed by atoms with Gasteiger partial charge < -0.3 is 10.1 Å². The third kappa shape index (κ3) is 5.63. The number of nitrogens with one attached hydrogen (secondary N) is 1. The van der Waals surface area contributed by atoms with E-state index in [1.165, 1.54) is 41.1 Å². The molecule has 35 heavy (non-hydrogen) atoms. The molecule has 0 bridgehead atoms. The van der Waals surface area contributed by atoms with Gasteiger partial charge in [0.15, 0.2) is 5.82 Å². The predicted molar refractivity (Wildman–Crippen MR) is 122 cm³/mol. The first-order chi connectivity index (χ1) is 16.6. The van der Waals surface area contributed by atoms with Crippen molar-refractivity contribution >= 4 is 17.5 Å². The number of ether oxygens (including phenoxy) is 1. The number of alkyl halides is 3. The van der Waals surface area contributed by atoms with Crippen LogP contribution < -0.4 is 10.1 Å². The molecule has 4 aromatic rings. The van der Waals surface area contributed by atoms with Gasteiger partial charge in [0.25, 0.3) is 5.91 Å². The van der Waals surface area contributed by atoms with E-state index in [0.717, 1.165) is 17.2 Å². The van der Waals surface area contributed by atoms with Crippen LogP contribution in [-0.2, 0) is 12.7 Å². The largest absolute Gasteiger partial charge is 0.457 e. The maximum atomic E-state index is 13.1. The molecule has 0 spiro atoms. The lowest BCUT2D eigenvalue weighted by Gasteiger charge is -2.13.